The van der Waals surface area contributed by atoms with Gasteiger partial charge in [-0.1, -0.05) is 28.4 Å². The molecule has 3 rings (SSSR count). The molecule has 0 amide bonds. The van der Waals surface area contributed by atoms with Crippen molar-refractivity contribution in [2.24, 2.45) is 0 Å². The Kier molecular flexibility index (Phi) is 3.75. The van der Waals surface area contributed by atoms with E-state index in [9.17, 15) is 4.39 Å². The number of hydrogen-bond donors (Lipinski definition) is 0. The minimum atomic E-state index is -0.249. The first-order chi connectivity index (χ1) is 9.72. The SMILES string of the molecule is Cc1nnsc1-c1nnc(SCc2cccc(F)c2)o1. The highest BCUT2D eigenvalue weighted by Crippen LogP contribution is 2.28. The van der Waals surface area contributed by atoms with Crippen LogP contribution in [0.4, 0.5) is 4.39 Å². The normalized spacial score (nSPS) is 10.9. The molecule has 5 nitrogen and oxygen atoms in total. The molecule has 0 aliphatic heterocycles. The molecule has 102 valence electrons. The van der Waals surface area contributed by atoms with Crippen LogP contribution in [0, 0.1) is 12.7 Å². The van der Waals surface area contributed by atoms with Crippen LogP contribution in [0.2, 0.25) is 0 Å². The molecule has 0 N–H and O–H groups in total. The predicted octanol–water partition coefficient (Wildman–Crippen LogP) is 3.33. The maximum Gasteiger partial charge on any atom is 0.277 e. The third-order valence-electron chi connectivity index (χ3n) is 2.50. The van der Waals surface area contributed by atoms with Gasteiger partial charge < -0.3 is 4.42 Å². The van der Waals surface area contributed by atoms with E-state index in [1.165, 1.54) is 35.4 Å². The van der Waals surface area contributed by atoms with Gasteiger partial charge in [-0.3, -0.25) is 0 Å². The fraction of sp³-hybridized carbons (Fsp3) is 0.167. The molecule has 0 fully saturated rings. The minimum Gasteiger partial charge on any atom is -0.410 e. The predicted molar refractivity (Wildman–Crippen MR) is 73.9 cm³/mol. The summed E-state index contributed by atoms with van der Waals surface area (Å²) in [4.78, 5) is 0.773. The molecule has 8 heteroatoms. The van der Waals surface area contributed by atoms with Crippen LogP contribution in [0.5, 0.6) is 0 Å². The van der Waals surface area contributed by atoms with Crippen molar-refractivity contribution in [2.75, 3.05) is 0 Å². The molecule has 2 aromatic heterocycles. The second kappa shape index (κ2) is 5.68. The summed E-state index contributed by atoms with van der Waals surface area (Å²) in [5, 5.41) is 12.3. The smallest absolute Gasteiger partial charge is 0.277 e. The number of hydrogen-bond acceptors (Lipinski definition) is 7. The lowest BCUT2D eigenvalue weighted by Crippen LogP contribution is -1.82. The van der Waals surface area contributed by atoms with Crippen LogP contribution in [-0.2, 0) is 5.75 Å². The quantitative estimate of drug-likeness (QED) is 0.689. The zero-order chi connectivity index (χ0) is 13.9. The van der Waals surface area contributed by atoms with Gasteiger partial charge in [0.2, 0.25) is 0 Å². The van der Waals surface area contributed by atoms with E-state index in [-0.39, 0.29) is 5.82 Å². The van der Waals surface area contributed by atoms with Crippen molar-refractivity contribution in [3.05, 3.63) is 41.3 Å². The minimum absolute atomic E-state index is 0.249. The van der Waals surface area contributed by atoms with Crippen molar-refractivity contribution in [3.63, 3.8) is 0 Å². The summed E-state index contributed by atoms with van der Waals surface area (Å²) in [6.45, 7) is 1.84. The average Bonchev–Trinajstić information content (AvgIpc) is 3.05. The highest BCUT2D eigenvalue weighted by molar-refractivity contribution is 7.98. The van der Waals surface area contributed by atoms with Gasteiger partial charge in [-0.25, -0.2) is 4.39 Å². The Balaban J connectivity index is 1.70. The Hall–Kier alpha value is -1.80. The molecule has 0 saturated heterocycles. The Morgan fingerprint density at radius 2 is 2.20 bits per heavy atom. The number of benzene rings is 1. The molecule has 0 aliphatic carbocycles. The summed E-state index contributed by atoms with van der Waals surface area (Å²) in [6.07, 6.45) is 0. The van der Waals surface area contributed by atoms with Crippen LogP contribution in [0.15, 0.2) is 33.9 Å². The zero-order valence-electron chi connectivity index (χ0n) is 10.4. The number of rotatable bonds is 4. The van der Waals surface area contributed by atoms with Gasteiger partial charge >= 0.3 is 0 Å². The van der Waals surface area contributed by atoms with Crippen LogP contribution in [0.3, 0.4) is 0 Å². The van der Waals surface area contributed by atoms with E-state index in [1.807, 2.05) is 13.0 Å². The van der Waals surface area contributed by atoms with Crippen molar-refractivity contribution in [1.82, 2.24) is 19.8 Å². The van der Waals surface area contributed by atoms with E-state index in [4.69, 9.17) is 4.42 Å². The molecule has 20 heavy (non-hydrogen) atoms. The van der Waals surface area contributed by atoms with Crippen LogP contribution < -0.4 is 0 Å². The van der Waals surface area contributed by atoms with Gasteiger partial charge in [0, 0.05) is 5.75 Å². The molecule has 1 aromatic carbocycles. The molecule has 0 aliphatic rings. The standard InChI is InChI=1S/C12H9FN4OS2/c1-7-10(20-17-14-7)11-15-16-12(18-11)19-6-8-3-2-4-9(13)5-8/h2-5H,6H2,1H3. The summed E-state index contributed by atoms with van der Waals surface area (Å²) < 4.78 is 22.4. The highest BCUT2D eigenvalue weighted by Gasteiger charge is 2.14. The summed E-state index contributed by atoms with van der Waals surface area (Å²) >= 11 is 2.58. The van der Waals surface area contributed by atoms with E-state index in [1.54, 1.807) is 6.07 Å². The maximum absolute atomic E-state index is 13.1. The Morgan fingerprint density at radius 1 is 1.30 bits per heavy atom. The Labute approximate surface area is 122 Å². The fourth-order valence-electron chi connectivity index (χ4n) is 1.56. The third kappa shape index (κ3) is 2.86. The number of aromatic nitrogens is 4. The largest absolute Gasteiger partial charge is 0.410 e. The number of thioether (sulfide) groups is 1. The highest BCUT2D eigenvalue weighted by atomic mass is 32.2. The maximum atomic E-state index is 13.1. The number of aryl methyl sites for hydroxylation is 1. The van der Waals surface area contributed by atoms with E-state index < -0.39 is 0 Å². The van der Waals surface area contributed by atoms with Crippen molar-refractivity contribution in [2.45, 2.75) is 17.9 Å². The lowest BCUT2D eigenvalue weighted by atomic mass is 10.2. The van der Waals surface area contributed by atoms with E-state index in [0.717, 1.165) is 16.1 Å². The lowest BCUT2D eigenvalue weighted by Gasteiger charge is -1.97. The third-order valence-corrected chi connectivity index (χ3v) is 4.21. The zero-order valence-corrected chi connectivity index (χ0v) is 12.0. The molecule has 0 unspecified atom stereocenters. The summed E-state index contributed by atoms with van der Waals surface area (Å²) in [5.74, 6) is 0.735. The number of nitrogens with zero attached hydrogens (tertiary/aromatic N) is 4. The Morgan fingerprint density at radius 3 is 2.95 bits per heavy atom. The van der Waals surface area contributed by atoms with Gasteiger partial charge in [0.1, 0.15) is 10.7 Å². The summed E-state index contributed by atoms with van der Waals surface area (Å²) in [6, 6.07) is 6.43. The fourth-order valence-corrected chi connectivity index (χ4v) is 2.84. The number of halogens is 1. The van der Waals surface area contributed by atoms with Crippen molar-refractivity contribution < 1.29 is 8.81 Å². The molecule has 0 saturated carbocycles. The van der Waals surface area contributed by atoms with E-state index in [0.29, 0.717) is 16.9 Å². The van der Waals surface area contributed by atoms with Crippen LogP contribution >= 0.6 is 23.3 Å². The molecular formula is C12H9FN4OS2. The lowest BCUT2D eigenvalue weighted by molar-refractivity contribution is 0.466. The van der Waals surface area contributed by atoms with Crippen molar-refractivity contribution in [3.8, 4) is 10.8 Å². The Bertz CT molecular complexity index is 728. The monoisotopic (exact) mass is 308 g/mol. The molecule has 3 aromatic rings. The van der Waals surface area contributed by atoms with Crippen molar-refractivity contribution >= 4 is 23.3 Å². The topological polar surface area (TPSA) is 64.7 Å². The van der Waals surface area contributed by atoms with E-state index in [2.05, 4.69) is 19.8 Å². The van der Waals surface area contributed by atoms with E-state index >= 15 is 0 Å². The van der Waals surface area contributed by atoms with Crippen LogP contribution in [0.1, 0.15) is 11.3 Å². The van der Waals surface area contributed by atoms with Gasteiger partial charge in [0.05, 0.1) is 5.69 Å². The summed E-state index contributed by atoms with van der Waals surface area (Å²) in [7, 11) is 0. The van der Waals surface area contributed by atoms with Crippen LogP contribution in [0.25, 0.3) is 10.8 Å². The van der Waals surface area contributed by atoms with Crippen molar-refractivity contribution in [1.29, 1.82) is 0 Å². The molecule has 2 heterocycles. The first-order valence-corrected chi connectivity index (χ1v) is 7.48. The van der Waals surface area contributed by atoms with Gasteiger partial charge in [-0.2, -0.15) is 0 Å². The molecule has 0 spiro atoms. The van der Waals surface area contributed by atoms with Gasteiger partial charge in [-0.05, 0) is 36.2 Å². The van der Waals surface area contributed by atoms with Gasteiger partial charge in [0.25, 0.3) is 11.1 Å². The molecule has 0 bridgehead atoms. The first kappa shape index (κ1) is 13.2. The van der Waals surface area contributed by atoms with Gasteiger partial charge in [0.15, 0.2) is 0 Å². The molecule has 0 atom stereocenters. The van der Waals surface area contributed by atoms with Gasteiger partial charge in [-0.15, -0.1) is 15.3 Å². The second-order valence-corrected chi connectivity index (χ2v) is 5.66. The second-order valence-electron chi connectivity index (χ2n) is 3.98. The molecular weight excluding hydrogens is 299 g/mol. The van der Waals surface area contributed by atoms with Crippen LogP contribution in [-0.4, -0.2) is 19.8 Å². The summed E-state index contributed by atoms with van der Waals surface area (Å²) in [5.41, 5.74) is 1.63. The average molecular weight is 308 g/mol. The first-order valence-electron chi connectivity index (χ1n) is 5.72. The molecule has 0 radical (unpaired) electrons.